The van der Waals surface area contributed by atoms with Crippen LogP contribution in [0.1, 0.15) is 15.9 Å². The zero-order chi connectivity index (χ0) is 15.6. The van der Waals surface area contributed by atoms with Crippen molar-refractivity contribution in [3.63, 3.8) is 0 Å². The van der Waals surface area contributed by atoms with Crippen LogP contribution < -0.4 is 4.74 Å². The van der Waals surface area contributed by atoms with E-state index in [0.717, 1.165) is 6.07 Å². The summed E-state index contributed by atoms with van der Waals surface area (Å²) in [6.45, 7) is 1.54. The topological polar surface area (TPSA) is 46.5 Å². The second-order valence-corrected chi connectivity index (χ2v) is 4.38. The molecule has 0 saturated carbocycles. The van der Waals surface area contributed by atoms with Gasteiger partial charge in [0.1, 0.15) is 5.75 Å². The number of aryl methyl sites for hydroxylation is 1. The number of benzene rings is 2. The lowest BCUT2D eigenvalue weighted by atomic mass is 9.94. The Labute approximate surface area is 118 Å². The minimum absolute atomic E-state index is 0.236. The van der Waals surface area contributed by atoms with Gasteiger partial charge in [-0.15, -0.1) is 13.2 Å². The van der Waals surface area contributed by atoms with Crippen LogP contribution in [-0.2, 0) is 0 Å². The first-order valence-electron chi connectivity index (χ1n) is 5.97. The Morgan fingerprint density at radius 2 is 1.76 bits per heavy atom. The molecule has 0 fully saturated rings. The lowest BCUT2D eigenvalue weighted by molar-refractivity contribution is -0.274. The summed E-state index contributed by atoms with van der Waals surface area (Å²) in [6.07, 6.45) is -4.86. The fraction of sp³-hybridized carbons (Fsp3) is 0.133. The van der Waals surface area contributed by atoms with Crippen LogP contribution in [0.25, 0.3) is 11.1 Å². The lowest BCUT2D eigenvalue weighted by Crippen LogP contribution is -2.17. The van der Waals surface area contributed by atoms with Gasteiger partial charge in [-0.1, -0.05) is 30.3 Å². The minimum Gasteiger partial charge on any atom is -0.478 e. The predicted molar refractivity (Wildman–Crippen MR) is 70.3 cm³/mol. The van der Waals surface area contributed by atoms with Crippen molar-refractivity contribution in [1.82, 2.24) is 0 Å². The Morgan fingerprint density at radius 1 is 1.14 bits per heavy atom. The summed E-state index contributed by atoms with van der Waals surface area (Å²) in [5, 5.41) is 9.24. The highest BCUT2D eigenvalue weighted by molar-refractivity contribution is 5.97. The van der Waals surface area contributed by atoms with Gasteiger partial charge in [0, 0.05) is 0 Å². The first-order chi connectivity index (χ1) is 9.78. The van der Waals surface area contributed by atoms with E-state index in [2.05, 4.69) is 4.74 Å². The van der Waals surface area contributed by atoms with Crippen molar-refractivity contribution in [2.45, 2.75) is 13.3 Å². The Bertz CT molecular complexity index is 664. The first-order valence-corrected chi connectivity index (χ1v) is 5.97. The number of aromatic carboxylic acids is 1. The van der Waals surface area contributed by atoms with E-state index in [0.29, 0.717) is 16.7 Å². The predicted octanol–water partition coefficient (Wildman–Crippen LogP) is 4.26. The van der Waals surface area contributed by atoms with E-state index < -0.39 is 18.1 Å². The van der Waals surface area contributed by atoms with E-state index >= 15 is 0 Å². The summed E-state index contributed by atoms with van der Waals surface area (Å²) in [5.74, 6) is -1.86. The third-order valence-corrected chi connectivity index (χ3v) is 2.84. The molecular weight excluding hydrogens is 285 g/mol. The van der Waals surface area contributed by atoms with Crippen molar-refractivity contribution in [1.29, 1.82) is 0 Å². The summed E-state index contributed by atoms with van der Waals surface area (Å²) >= 11 is 0. The maximum atomic E-state index is 12.3. The van der Waals surface area contributed by atoms with Gasteiger partial charge in [-0.05, 0) is 35.7 Å². The van der Waals surface area contributed by atoms with E-state index in [4.69, 9.17) is 0 Å². The smallest absolute Gasteiger partial charge is 0.478 e. The summed E-state index contributed by atoms with van der Waals surface area (Å²) in [6, 6.07) is 10.6. The number of hydrogen-bond donors (Lipinski definition) is 1. The van der Waals surface area contributed by atoms with Crippen LogP contribution >= 0.6 is 0 Å². The lowest BCUT2D eigenvalue weighted by Gasteiger charge is -2.14. The molecule has 0 heterocycles. The fourth-order valence-electron chi connectivity index (χ4n) is 2.10. The standard InChI is InChI=1S/C15H11F3O3/c1-9-7-11(21-15(16,17)18)8-12(14(19)20)13(9)10-5-3-2-4-6-10/h2-8H,1H3,(H,19,20). The van der Waals surface area contributed by atoms with Crippen LogP contribution in [0.4, 0.5) is 13.2 Å². The Hall–Kier alpha value is -2.50. The van der Waals surface area contributed by atoms with Crippen LogP contribution in [0.2, 0.25) is 0 Å². The van der Waals surface area contributed by atoms with Gasteiger partial charge in [-0.25, -0.2) is 4.79 Å². The van der Waals surface area contributed by atoms with E-state index in [1.807, 2.05) is 0 Å². The average molecular weight is 296 g/mol. The second-order valence-electron chi connectivity index (χ2n) is 4.38. The van der Waals surface area contributed by atoms with Crippen LogP contribution in [0.5, 0.6) is 5.75 Å². The molecule has 0 bridgehead atoms. The van der Waals surface area contributed by atoms with Crippen molar-refractivity contribution >= 4 is 5.97 Å². The van der Waals surface area contributed by atoms with Crippen molar-refractivity contribution in [2.75, 3.05) is 0 Å². The van der Waals surface area contributed by atoms with Gasteiger partial charge >= 0.3 is 12.3 Å². The molecule has 0 radical (unpaired) electrons. The number of ether oxygens (including phenoxy) is 1. The number of hydrogen-bond acceptors (Lipinski definition) is 2. The zero-order valence-electron chi connectivity index (χ0n) is 10.9. The molecule has 2 aromatic rings. The Kier molecular flexibility index (Phi) is 3.88. The number of halogens is 3. The van der Waals surface area contributed by atoms with E-state index in [-0.39, 0.29) is 5.56 Å². The minimum atomic E-state index is -4.86. The molecule has 1 N–H and O–H groups in total. The van der Waals surface area contributed by atoms with Crippen LogP contribution in [0.15, 0.2) is 42.5 Å². The molecule has 2 rings (SSSR count). The molecular formula is C15H11F3O3. The molecule has 21 heavy (non-hydrogen) atoms. The molecule has 0 spiro atoms. The van der Waals surface area contributed by atoms with Gasteiger partial charge in [0.15, 0.2) is 0 Å². The molecule has 0 unspecified atom stereocenters. The van der Waals surface area contributed by atoms with Crippen molar-refractivity contribution in [2.24, 2.45) is 0 Å². The molecule has 2 aromatic carbocycles. The molecule has 0 aliphatic rings. The monoisotopic (exact) mass is 296 g/mol. The highest BCUT2D eigenvalue weighted by atomic mass is 19.4. The van der Waals surface area contributed by atoms with Crippen molar-refractivity contribution < 1.29 is 27.8 Å². The first kappa shape index (κ1) is 14.9. The molecule has 6 heteroatoms. The summed E-state index contributed by atoms with van der Waals surface area (Å²) in [4.78, 5) is 11.3. The third kappa shape index (κ3) is 3.53. The van der Waals surface area contributed by atoms with Crippen LogP contribution in [-0.4, -0.2) is 17.4 Å². The second kappa shape index (κ2) is 5.47. The van der Waals surface area contributed by atoms with Gasteiger partial charge in [-0.3, -0.25) is 0 Å². The zero-order valence-corrected chi connectivity index (χ0v) is 10.9. The van der Waals surface area contributed by atoms with Gasteiger partial charge in [0.2, 0.25) is 0 Å². The summed E-state index contributed by atoms with van der Waals surface area (Å²) in [5.41, 5.74) is 1.14. The van der Waals surface area contributed by atoms with Crippen LogP contribution in [0, 0.1) is 6.92 Å². The van der Waals surface area contributed by atoms with E-state index in [1.54, 1.807) is 30.3 Å². The number of alkyl halides is 3. The third-order valence-electron chi connectivity index (χ3n) is 2.84. The molecule has 0 atom stereocenters. The number of rotatable bonds is 3. The number of carboxylic acid groups (broad SMARTS) is 1. The maximum Gasteiger partial charge on any atom is 0.573 e. The van der Waals surface area contributed by atoms with E-state index in [9.17, 15) is 23.1 Å². The molecule has 3 nitrogen and oxygen atoms in total. The van der Waals surface area contributed by atoms with Gasteiger partial charge in [-0.2, -0.15) is 0 Å². The normalized spacial score (nSPS) is 11.2. The molecule has 110 valence electrons. The largest absolute Gasteiger partial charge is 0.573 e. The van der Waals surface area contributed by atoms with Crippen molar-refractivity contribution in [3.8, 4) is 16.9 Å². The average Bonchev–Trinajstić information content (AvgIpc) is 2.37. The summed E-state index contributed by atoms with van der Waals surface area (Å²) < 4.78 is 40.6. The number of carbonyl (C=O) groups is 1. The molecule has 0 amide bonds. The van der Waals surface area contributed by atoms with Gasteiger partial charge < -0.3 is 9.84 Å². The van der Waals surface area contributed by atoms with E-state index in [1.165, 1.54) is 13.0 Å². The van der Waals surface area contributed by atoms with Gasteiger partial charge in [0.05, 0.1) is 5.56 Å². The summed E-state index contributed by atoms with van der Waals surface area (Å²) in [7, 11) is 0. The molecule has 0 aromatic heterocycles. The quantitative estimate of drug-likeness (QED) is 0.920. The molecule has 0 saturated heterocycles. The van der Waals surface area contributed by atoms with Crippen LogP contribution in [0.3, 0.4) is 0 Å². The highest BCUT2D eigenvalue weighted by Crippen LogP contribution is 2.33. The SMILES string of the molecule is Cc1cc(OC(F)(F)F)cc(C(=O)O)c1-c1ccccc1. The Morgan fingerprint density at radius 3 is 2.29 bits per heavy atom. The highest BCUT2D eigenvalue weighted by Gasteiger charge is 2.32. The van der Waals surface area contributed by atoms with Crippen molar-refractivity contribution in [3.05, 3.63) is 53.6 Å². The Balaban J connectivity index is 2.59. The molecule has 0 aliphatic carbocycles. The fourth-order valence-corrected chi connectivity index (χ4v) is 2.10. The number of carboxylic acids is 1. The maximum absolute atomic E-state index is 12.3. The molecule has 0 aliphatic heterocycles. The van der Waals surface area contributed by atoms with Gasteiger partial charge in [0.25, 0.3) is 0 Å².